The fraction of sp³-hybridized carbons (Fsp3) is 0.267. The SMILES string of the molecule is COc1cc(C)ccc1OCCNC(=O)c1cccs1. The van der Waals surface area contributed by atoms with Crippen molar-refractivity contribution in [1.29, 1.82) is 0 Å². The molecule has 0 unspecified atom stereocenters. The van der Waals surface area contributed by atoms with Crippen LogP contribution in [0.1, 0.15) is 15.2 Å². The van der Waals surface area contributed by atoms with Crippen molar-refractivity contribution in [3.63, 3.8) is 0 Å². The van der Waals surface area contributed by atoms with E-state index in [4.69, 9.17) is 9.47 Å². The van der Waals surface area contributed by atoms with Gasteiger partial charge in [0.05, 0.1) is 18.5 Å². The van der Waals surface area contributed by atoms with E-state index in [0.29, 0.717) is 29.5 Å². The van der Waals surface area contributed by atoms with E-state index < -0.39 is 0 Å². The molecule has 0 saturated heterocycles. The summed E-state index contributed by atoms with van der Waals surface area (Å²) >= 11 is 1.42. The standard InChI is InChI=1S/C15H17NO3S/c1-11-5-6-12(13(10-11)18-2)19-8-7-16-15(17)14-4-3-9-20-14/h3-6,9-10H,7-8H2,1-2H3,(H,16,17). The topological polar surface area (TPSA) is 47.6 Å². The van der Waals surface area contributed by atoms with E-state index in [0.717, 1.165) is 5.56 Å². The monoisotopic (exact) mass is 291 g/mol. The highest BCUT2D eigenvalue weighted by Crippen LogP contribution is 2.27. The number of amides is 1. The zero-order chi connectivity index (χ0) is 14.4. The van der Waals surface area contributed by atoms with E-state index in [-0.39, 0.29) is 5.91 Å². The van der Waals surface area contributed by atoms with Crippen LogP contribution in [0.3, 0.4) is 0 Å². The molecule has 106 valence electrons. The van der Waals surface area contributed by atoms with Crippen molar-refractivity contribution in [3.8, 4) is 11.5 Å². The van der Waals surface area contributed by atoms with Gasteiger partial charge in [0.2, 0.25) is 0 Å². The molecule has 4 nitrogen and oxygen atoms in total. The molecule has 0 aliphatic heterocycles. The number of benzene rings is 1. The maximum atomic E-state index is 11.7. The first kappa shape index (κ1) is 14.4. The molecule has 0 atom stereocenters. The molecule has 1 heterocycles. The van der Waals surface area contributed by atoms with Gasteiger partial charge in [-0.25, -0.2) is 0 Å². The lowest BCUT2D eigenvalue weighted by Crippen LogP contribution is -2.27. The van der Waals surface area contributed by atoms with Crippen LogP contribution in [0.15, 0.2) is 35.7 Å². The van der Waals surface area contributed by atoms with Crippen LogP contribution in [0.5, 0.6) is 11.5 Å². The highest BCUT2D eigenvalue weighted by molar-refractivity contribution is 7.12. The lowest BCUT2D eigenvalue weighted by Gasteiger charge is -2.11. The number of thiophene rings is 1. The van der Waals surface area contributed by atoms with Gasteiger partial charge in [-0.2, -0.15) is 0 Å². The van der Waals surface area contributed by atoms with Gasteiger partial charge in [-0.15, -0.1) is 11.3 Å². The van der Waals surface area contributed by atoms with E-state index in [9.17, 15) is 4.79 Å². The number of rotatable bonds is 6. The average Bonchev–Trinajstić information content (AvgIpc) is 2.98. The Hall–Kier alpha value is -2.01. The van der Waals surface area contributed by atoms with Gasteiger partial charge in [-0.3, -0.25) is 4.79 Å². The summed E-state index contributed by atoms with van der Waals surface area (Å²) in [4.78, 5) is 12.4. The number of nitrogens with one attached hydrogen (secondary N) is 1. The van der Waals surface area contributed by atoms with Crippen molar-refractivity contribution in [3.05, 3.63) is 46.2 Å². The zero-order valence-corrected chi connectivity index (χ0v) is 12.3. The number of hydrogen-bond acceptors (Lipinski definition) is 4. The van der Waals surface area contributed by atoms with Gasteiger partial charge in [0.1, 0.15) is 6.61 Å². The second-order valence-electron chi connectivity index (χ2n) is 4.24. The molecule has 2 aromatic rings. The smallest absolute Gasteiger partial charge is 0.261 e. The molecule has 0 spiro atoms. The molecule has 1 N–H and O–H groups in total. The second kappa shape index (κ2) is 6.96. The van der Waals surface area contributed by atoms with Crippen LogP contribution in [-0.2, 0) is 0 Å². The van der Waals surface area contributed by atoms with E-state index >= 15 is 0 Å². The molecule has 0 bridgehead atoms. The van der Waals surface area contributed by atoms with Crippen molar-refractivity contribution in [2.24, 2.45) is 0 Å². The Morgan fingerprint density at radius 1 is 1.30 bits per heavy atom. The normalized spacial score (nSPS) is 10.1. The van der Waals surface area contributed by atoms with Crippen molar-refractivity contribution in [1.82, 2.24) is 5.32 Å². The summed E-state index contributed by atoms with van der Waals surface area (Å²) in [5.41, 5.74) is 1.11. The first-order chi connectivity index (χ1) is 9.70. The van der Waals surface area contributed by atoms with E-state index in [1.807, 2.05) is 36.6 Å². The molecule has 2 rings (SSSR count). The highest BCUT2D eigenvalue weighted by atomic mass is 32.1. The number of methoxy groups -OCH3 is 1. The van der Waals surface area contributed by atoms with Crippen molar-refractivity contribution in [2.45, 2.75) is 6.92 Å². The molecule has 20 heavy (non-hydrogen) atoms. The molecule has 1 aromatic heterocycles. The molecule has 0 aliphatic carbocycles. The second-order valence-corrected chi connectivity index (χ2v) is 5.18. The number of carbonyl (C=O) groups excluding carboxylic acids is 1. The molecule has 0 fully saturated rings. The van der Waals surface area contributed by atoms with E-state index in [1.165, 1.54) is 11.3 Å². The predicted octanol–water partition coefficient (Wildman–Crippen LogP) is 2.87. The highest BCUT2D eigenvalue weighted by Gasteiger charge is 2.06. The van der Waals surface area contributed by atoms with Crippen molar-refractivity contribution >= 4 is 17.2 Å². The summed E-state index contributed by atoms with van der Waals surface area (Å²) in [5.74, 6) is 1.32. The van der Waals surface area contributed by atoms with Crippen LogP contribution in [0.25, 0.3) is 0 Å². The van der Waals surface area contributed by atoms with Gasteiger partial charge >= 0.3 is 0 Å². The number of aryl methyl sites for hydroxylation is 1. The Balaban J connectivity index is 1.80. The summed E-state index contributed by atoms with van der Waals surface area (Å²) in [6.45, 7) is 2.85. The van der Waals surface area contributed by atoms with Gasteiger partial charge in [-0.1, -0.05) is 12.1 Å². The minimum Gasteiger partial charge on any atom is -0.493 e. The molecule has 1 aromatic carbocycles. The minimum atomic E-state index is -0.0699. The van der Waals surface area contributed by atoms with Crippen LogP contribution < -0.4 is 14.8 Å². The third kappa shape index (κ3) is 3.74. The maximum Gasteiger partial charge on any atom is 0.261 e. The van der Waals surface area contributed by atoms with Gasteiger partial charge in [0.25, 0.3) is 5.91 Å². The van der Waals surface area contributed by atoms with Crippen LogP contribution in [-0.4, -0.2) is 26.2 Å². The van der Waals surface area contributed by atoms with Crippen LogP contribution in [0.2, 0.25) is 0 Å². The van der Waals surface area contributed by atoms with Crippen molar-refractivity contribution in [2.75, 3.05) is 20.3 Å². The number of hydrogen-bond donors (Lipinski definition) is 1. The minimum absolute atomic E-state index is 0.0699. The Kier molecular flexibility index (Phi) is 5.01. The molecular formula is C15H17NO3S. The quantitative estimate of drug-likeness (QED) is 0.833. The average molecular weight is 291 g/mol. The van der Waals surface area contributed by atoms with Crippen LogP contribution >= 0.6 is 11.3 Å². The van der Waals surface area contributed by atoms with Gasteiger partial charge < -0.3 is 14.8 Å². The summed E-state index contributed by atoms with van der Waals surface area (Å²) in [6.07, 6.45) is 0. The largest absolute Gasteiger partial charge is 0.493 e. The van der Waals surface area contributed by atoms with Gasteiger partial charge in [0.15, 0.2) is 11.5 Å². The first-order valence-corrected chi connectivity index (χ1v) is 7.18. The molecular weight excluding hydrogens is 274 g/mol. The maximum absolute atomic E-state index is 11.7. The number of ether oxygens (including phenoxy) is 2. The third-order valence-electron chi connectivity index (χ3n) is 2.71. The molecule has 0 saturated carbocycles. The van der Waals surface area contributed by atoms with E-state index in [1.54, 1.807) is 13.2 Å². The van der Waals surface area contributed by atoms with Gasteiger partial charge in [0, 0.05) is 0 Å². The van der Waals surface area contributed by atoms with Gasteiger partial charge in [-0.05, 0) is 36.1 Å². The van der Waals surface area contributed by atoms with Crippen LogP contribution in [0.4, 0.5) is 0 Å². The summed E-state index contributed by atoms with van der Waals surface area (Å²) in [7, 11) is 1.61. The fourth-order valence-corrected chi connectivity index (χ4v) is 2.35. The Bertz CT molecular complexity index is 567. The van der Waals surface area contributed by atoms with Crippen LogP contribution in [0, 0.1) is 6.92 Å². The Labute approximate surface area is 122 Å². The molecule has 1 amide bonds. The first-order valence-electron chi connectivity index (χ1n) is 6.30. The summed E-state index contributed by atoms with van der Waals surface area (Å²) in [5, 5.41) is 4.69. The fourth-order valence-electron chi connectivity index (χ4n) is 1.71. The molecule has 0 radical (unpaired) electrons. The summed E-state index contributed by atoms with van der Waals surface area (Å²) < 4.78 is 10.9. The van der Waals surface area contributed by atoms with E-state index in [2.05, 4.69) is 5.32 Å². The molecule has 0 aliphatic rings. The Morgan fingerprint density at radius 2 is 2.15 bits per heavy atom. The predicted molar refractivity (Wildman–Crippen MR) is 79.9 cm³/mol. The zero-order valence-electron chi connectivity index (χ0n) is 11.5. The summed E-state index contributed by atoms with van der Waals surface area (Å²) in [6, 6.07) is 9.40. The third-order valence-corrected chi connectivity index (χ3v) is 3.58. The Morgan fingerprint density at radius 3 is 2.85 bits per heavy atom. The lowest BCUT2D eigenvalue weighted by atomic mass is 10.2. The number of carbonyl (C=O) groups is 1. The lowest BCUT2D eigenvalue weighted by molar-refractivity contribution is 0.0951. The molecule has 5 heteroatoms. The van der Waals surface area contributed by atoms with Crippen molar-refractivity contribution < 1.29 is 14.3 Å².